The second kappa shape index (κ2) is 5.76. The van der Waals surface area contributed by atoms with Crippen LogP contribution in [0.2, 0.25) is 0 Å². The van der Waals surface area contributed by atoms with Gasteiger partial charge < -0.3 is 19.5 Å². The molecule has 1 aliphatic heterocycles. The summed E-state index contributed by atoms with van der Waals surface area (Å²) in [5.41, 5.74) is 0.911. The number of amides is 1. The van der Waals surface area contributed by atoms with Crippen LogP contribution in [0.15, 0.2) is 18.2 Å². The summed E-state index contributed by atoms with van der Waals surface area (Å²) < 4.78 is 16.1. The van der Waals surface area contributed by atoms with E-state index < -0.39 is 11.7 Å². The third-order valence-electron chi connectivity index (χ3n) is 3.86. The summed E-state index contributed by atoms with van der Waals surface area (Å²) >= 11 is 0. The van der Waals surface area contributed by atoms with Crippen molar-refractivity contribution in [3.05, 3.63) is 29.3 Å². The number of esters is 1. The molecule has 1 fully saturated rings. The molecule has 6 heteroatoms. The fourth-order valence-corrected chi connectivity index (χ4v) is 2.59. The molecule has 2 atom stereocenters. The molecule has 1 amide bonds. The van der Waals surface area contributed by atoms with E-state index in [2.05, 4.69) is 5.32 Å². The standard InChI is InChI=1S/C17H21NO5/c1-17(2,3)23-16(20)18-13-6-7-14(13)22-11-4-5-12-10(8-11)9-21-15(12)19/h4-5,8,13-14H,6-7,9H2,1-3H3,(H,18,20)/t13?,14-/m0/s1. The number of hydrogen-bond donors (Lipinski definition) is 1. The number of carbonyl (C=O) groups is 2. The molecule has 1 aromatic rings. The number of ether oxygens (including phenoxy) is 3. The van der Waals surface area contributed by atoms with E-state index in [4.69, 9.17) is 14.2 Å². The van der Waals surface area contributed by atoms with Gasteiger partial charge in [-0.25, -0.2) is 9.59 Å². The van der Waals surface area contributed by atoms with E-state index in [-0.39, 0.29) is 24.7 Å². The maximum absolute atomic E-state index is 11.8. The van der Waals surface area contributed by atoms with Crippen LogP contribution in [-0.4, -0.2) is 29.8 Å². The molecular formula is C17H21NO5. The highest BCUT2D eigenvalue weighted by molar-refractivity contribution is 5.93. The molecule has 2 aliphatic rings. The van der Waals surface area contributed by atoms with E-state index in [9.17, 15) is 9.59 Å². The Balaban J connectivity index is 1.57. The summed E-state index contributed by atoms with van der Waals surface area (Å²) in [4.78, 5) is 23.2. The van der Waals surface area contributed by atoms with Crippen LogP contribution >= 0.6 is 0 Å². The van der Waals surface area contributed by atoms with Gasteiger partial charge in [0.05, 0.1) is 11.6 Å². The van der Waals surface area contributed by atoms with Gasteiger partial charge in [0.2, 0.25) is 0 Å². The molecule has 124 valence electrons. The van der Waals surface area contributed by atoms with E-state index in [1.54, 1.807) is 12.1 Å². The molecule has 0 aromatic heterocycles. The van der Waals surface area contributed by atoms with Crippen molar-refractivity contribution < 1.29 is 23.8 Å². The predicted octanol–water partition coefficient (Wildman–Crippen LogP) is 2.79. The first-order valence-electron chi connectivity index (χ1n) is 7.78. The number of nitrogens with one attached hydrogen (secondary N) is 1. The SMILES string of the molecule is CC(C)(C)OC(=O)NC1CC[C@@H]1Oc1ccc2c(c1)COC2=O. The van der Waals surface area contributed by atoms with Crippen LogP contribution < -0.4 is 10.1 Å². The topological polar surface area (TPSA) is 73.9 Å². The lowest BCUT2D eigenvalue weighted by Gasteiger charge is -2.37. The molecule has 1 aromatic carbocycles. The van der Waals surface area contributed by atoms with Gasteiger partial charge in [-0.1, -0.05) is 0 Å². The molecule has 1 aliphatic carbocycles. The van der Waals surface area contributed by atoms with Gasteiger partial charge in [0.15, 0.2) is 0 Å². The monoisotopic (exact) mass is 319 g/mol. The fourth-order valence-electron chi connectivity index (χ4n) is 2.59. The highest BCUT2D eigenvalue weighted by Gasteiger charge is 2.35. The molecule has 1 N–H and O–H groups in total. The molecule has 1 saturated carbocycles. The van der Waals surface area contributed by atoms with E-state index in [0.29, 0.717) is 11.3 Å². The van der Waals surface area contributed by atoms with Crippen molar-refractivity contribution in [1.29, 1.82) is 0 Å². The third-order valence-corrected chi connectivity index (χ3v) is 3.86. The average molecular weight is 319 g/mol. The average Bonchev–Trinajstić information content (AvgIpc) is 2.80. The quantitative estimate of drug-likeness (QED) is 0.867. The molecule has 0 spiro atoms. The molecule has 6 nitrogen and oxygen atoms in total. The Kier molecular flexibility index (Phi) is 3.92. The first kappa shape index (κ1) is 15.6. The summed E-state index contributed by atoms with van der Waals surface area (Å²) in [6.45, 7) is 5.77. The molecule has 0 saturated heterocycles. The fraction of sp³-hybridized carbons (Fsp3) is 0.529. The van der Waals surface area contributed by atoms with E-state index in [0.717, 1.165) is 18.4 Å². The number of benzene rings is 1. The molecule has 3 rings (SSSR count). The Morgan fingerprint density at radius 3 is 2.74 bits per heavy atom. The van der Waals surface area contributed by atoms with Gasteiger partial charge in [-0.2, -0.15) is 0 Å². The summed E-state index contributed by atoms with van der Waals surface area (Å²) in [6, 6.07) is 5.24. The number of cyclic esters (lactones) is 1. The van der Waals surface area contributed by atoms with Crippen molar-refractivity contribution in [3.63, 3.8) is 0 Å². The van der Waals surface area contributed by atoms with E-state index in [1.807, 2.05) is 26.8 Å². The Bertz CT molecular complexity index is 634. The highest BCUT2D eigenvalue weighted by Crippen LogP contribution is 2.29. The summed E-state index contributed by atoms with van der Waals surface area (Å²) in [7, 11) is 0. The second-order valence-corrected chi connectivity index (χ2v) is 6.88. The van der Waals surface area contributed by atoms with Crippen molar-refractivity contribution in [1.82, 2.24) is 5.32 Å². The van der Waals surface area contributed by atoms with Gasteiger partial charge in [-0.3, -0.25) is 0 Å². The molecule has 1 heterocycles. The molecular weight excluding hydrogens is 298 g/mol. The summed E-state index contributed by atoms with van der Waals surface area (Å²) in [5.74, 6) is 0.391. The summed E-state index contributed by atoms with van der Waals surface area (Å²) in [6.07, 6.45) is 1.21. The maximum Gasteiger partial charge on any atom is 0.408 e. The minimum Gasteiger partial charge on any atom is -0.488 e. The van der Waals surface area contributed by atoms with Crippen LogP contribution in [0, 0.1) is 0 Å². The first-order chi connectivity index (χ1) is 10.8. The van der Waals surface area contributed by atoms with Crippen molar-refractivity contribution in [2.45, 2.75) is 58.0 Å². The Hall–Kier alpha value is -2.24. The Labute approximate surface area is 135 Å². The van der Waals surface area contributed by atoms with Crippen LogP contribution in [0.3, 0.4) is 0 Å². The van der Waals surface area contributed by atoms with Gasteiger partial charge in [0, 0.05) is 5.56 Å². The van der Waals surface area contributed by atoms with Gasteiger partial charge >= 0.3 is 12.1 Å². The van der Waals surface area contributed by atoms with Crippen molar-refractivity contribution in [3.8, 4) is 5.75 Å². The Morgan fingerprint density at radius 2 is 2.09 bits per heavy atom. The zero-order valence-electron chi connectivity index (χ0n) is 13.5. The van der Waals surface area contributed by atoms with Crippen LogP contribution in [0.25, 0.3) is 0 Å². The number of rotatable bonds is 3. The molecule has 0 bridgehead atoms. The van der Waals surface area contributed by atoms with E-state index in [1.165, 1.54) is 0 Å². The minimum absolute atomic E-state index is 0.0593. The zero-order chi connectivity index (χ0) is 16.6. The van der Waals surface area contributed by atoms with Crippen LogP contribution in [0.4, 0.5) is 4.79 Å². The Morgan fingerprint density at radius 1 is 1.30 bits per heavy atom. The largest absolute Gasteiger partial charge is 0.488 e. The molecule has 23 heavy (non-hydrogen) atoms. The lowest BCUT2D eigenvalue weighted by atomic mass is 9.89. The molecule has 0 radical (unpaired) electrons. The number of fused-ring (bicyclic) bond motifs is 1. The predicted molar refractivity (Wildman–Crippen MR) is 82.4 cm³/mol. The van der Waals surface area contributed by atoms with Crippen molar-refractivity contribution in [2.75, 3.05) is 0 Å². The number of carbonyl (C=O) groups excluding carboxylic acids is 2. The smallest absolute Gasteiger partial charge is 0.408 e. The zero-order valence-corrected chi connectivity index (χ0v) is 13.5. The second-order valence-electron chi connectivity index (χ2n) is 6.88. The van der Waals surface area contributed by atoms with E-state index >= 15 is 0 Å². The van der Waals surface area contributed by atoms with Gasteiger partial charge in [-0.05, 0) is 51.8 Å². The normalized spacial score (nSPS) is 22.7. The van der Waals surface area contributed by atoms with Crippen molar-refractivity contribution in [2.24, 2.45) is 0 Å². The van der Waals surface area contributed by atoms with Crippen LogP contribution in [-0.2, 0) is 16.1 Å². The minimum atomic E-state index is -0.517. The summed E-state index contributed by atoms with van der Waals surface area (Å²) in [5, 5.41) is 2.84. The van der Waals surface area contributed by atoms with Gasteiger partial charge in [-0.15, -0.1) is 0 Å². The van der Waals surface area contributed by atoms with Crippen LogP contribution in [0.5, 0.6) is 5.75 Å². The highest BCUT2D eigenvalue weighted by atomic mass is 16.6. The third kappa shape index (κ3) is 3.57. The molecule has 1 unspecified atom stereocenters. The number of hydrogen-bond acceptors (Lipinski definition) is 5. The first-order valence-corrected chi connectivity index (χ1v) is 7.78. The van der Waals surface area contributed by atoms with Crippen molar-refractivity contribution >= 4 is 12.1 Å². The van der Waals surface area contributed by atoms with Gasteiger partial charge in [0.25, 0.3) is 0 Å². The maximum atomic E-state index is 11.8. The lowest BCUT2D eigenvalue weighted by molar-refractivity contribution is 0.0293. The van der Waals surface area contributed by atoms with Gasteiger partial charge in [0.1, 0.15) is 24.1 Å². The lowest BCUT2D eigenvalue weighted by Crippen LogP contribution is -2.53. The number of alkyl carbamates (subject to hydrolysis) is 1. The van der Waals surface area contributed by atoms with Crippen LogP contribution in [0.1, 0.15) is 49.5 Å².